The molecule has 0 saturated heterocycles. The van der Waals surface area contributed by atoms with Gasteiger partial charge in [0.1, 0.15) is 17.7 Å². The van der Waals surface area contributed by atoms with Crippen LogP contribution in [0.15, 0.2) is 0 Å². The van der Waals surface area contributed by atoms with E-state index in [2.05, 4.69) is 0 Å². The lowest BCUT2D eigenvalue weighted by molar-refractivity contribution is -0.147. The van der Waals surface area contributed by atoms with Gasteiger partial charge in [-0.05, 0) is 6.42 Å². The molecule has 0 aromatic heterocycles. The highest BCUT2D eigenvalue weighted by atomic mass is 35.5. The summed E-state index contributed by atoms with van der Waals surface area (Å²) in [5.74, 6) is -4.70. The summed E-state index contributed by atoms with van der Waals surface area (Å²) in [6.45, 7) is 0. The minimum Gasteiger partial charge on any atom is -0.481 e. The van der Waals surface area contributed by atoms with Crippen LogP contribution in [0.1, 0.15) is 12.8 Å². The topological polar surface area (TPSA) is 118 Å². The molecule has 0 radical (unpaired) electrons. The number of carbonyl (C=O) groups excluding carboxylic acids is 1. The van der Waals surface area contributed by atoms with E-state index in [0.717, 1.165) is 0 Å². The molecule has 0 heterocycles. The molecule has 0 bridgehead atoms. The van der Waals surface area contributed by atoms with Crippen molar-refractivity contribution in [1.29, 1.82) is 0 Å². The molecule has 7 heteroatoms. The number of carboxylic acid groups (broad SMARTS) is 2. The third-order valence-corrected chi connectivity index (χ3v) is 2.02. The first-order valence-electron chi connectivity index (χ1n) is 4.20. The lowest BCUT2D eigenvalue weighted by Gasteiger charge is -2.12. The van der Waals surface area contributed by atoms with Gasteiger partial charge in [0.05, 0.1) is 0 Å². The predicted molar refractivity (Wildman–Crippen MR) is 51.7 cm³/mol. The molecule has 0 rings (SSSR count). The molecule has 0 aliphatic heterocycles. The van der Waals surface area contributed by atoms with E-state index >= 15 is 0 Å². The highest BCUT2D eigenvalue weighted by molar-refractivity contribution is 6.19. The van der Waals surface area contributed by atoms with Crippen LogP contribution < -0.4 is 5.73 Å². The van der Waals surface area contributed by atoms with E-state index in [1.165, 1.54) is 0 Å². The number of hydrogen-bond acceptors (Lipinski definition) is 4. The lowest BCUT2D eigenvalue weighted by Crippen LogP contribution is -2.37. The molecule has 6 nitrogen and oxygen atoms in total. The molecular formula is C8H12ClNO5. The number of carbonyl (C=O) groups is 3. The van der Waals surface area contributed by atoms with E-state index in [1.807, 2.05) is 0 Å². The smallest absolute Gasteiger partial charge is 0.320 e. The van der Waals surface area contributed by atoms with Crippen molar-refractivity contribution in [3.63, 3.8) is 0 Å². The second kappa shape index (κ2) is 6.36. The predicted octanol–water partition coefficient (Wildman–Crippen LogP) is -0.313. The summed E-state index contributed by atoms with van der Waals surface area (Å²) in [5, 5.41) is 17.2. The molecule has 15 heavy (non-hydrogen) atoms. The standard InChI is InChI=1S/C8H12ClNO5/c9-2-1-6(11)4(7(12)13)3-5(10)8(14)15/h4-5H,1-3,10H2,(H,12,13)(H,14,15)/t4?,5-/m0/s1. The highest BCUT2D eigenvalue weighted by Crippen LogP contribution is 2.10. The average Bonchev–Trinajstić information content (AvgIpc) is 2.13. The maximum absolute atomic E-state index is 11.2. The van der Waals surface area contributed by atoms with Gasteiger partial charge in [-0.15, -0.1) is 11.6 Å². The maximum Gasteiger partial charge on any atom is 0.320 e. The van der Waals surface area contributed by atoms with Crippen molar-refractivity contribution in [2.45, 2.75) is 18.9 Å². The van der Waals surface area contributed by atoms with E-state index in [1.54, 1.807) is 0 Å². The van der Waals surface area contributed by atoms with E-state index in [4.69, 9.17) is 27.5 Å². The minimum atomic E-state index is -1.39. The summed E-state index contributed by atoms with van der Waals surface area (Å²) in [6.07, 6.45) is -0.523. The number of alkyl halides is 1. The fraction of sp³-hybridized carbons (Fsp3) is 0.625. The van der Waals surface area contributed by atoms with Gasteiger partial charge in [-0.25, -0.2) is 0 Å². The largest absolute Gasteiger partial charge is 0.481 e. The Labute approximate surface area is 91.0 Å². The zero-order valence-corrected chi connectivity index (χ0v) is 8.61. The second-order valence-electron chi connectivity index (χ2n) is 2.98. The first-order chi connectivity index (χ1) is 6.90. The van der Waals surface area contributed by atoms with E-state index < -0.39 is 36.1 Å². The van der Waals surface area contributed by atoms with E-state index in [9.17, 15) is 14.4 Å². The quantitative estimate of drug-likeness (QED) is 0.413. The normalized spacial score (nSPS) is 14.3. The Kier molecular flexibility index (Phi) is 5.88. The number of hydrogen-bond donors (Lipinski definition) is 3. The molecular weight excluding hydrogens is 226 g/mol. The molecule has 0 amide bonds. The molecule has 0 aliphatic carbocycles. The summed E-state index contributed by atoms with van der Waals surface area (Å²) in [5.41, 5.74) is 5.14. The first-order valence-corrected chi connectivity index (χ1v) is 4.73. The van der Waals surface area contributed by atoms with Crippen LogP contribution in [-0.2, 0) is 14.4 Å². The van der Waals surface area contributed by atoms with Gasteiger partial charge >= 0.3 is 11.9 Å². The van der Waals surface area contributed by atoms with Gasteiger partial charge < -0.3 is 15.9 Å². The number of Topliss-reactive ketones (excluding diaryl/α,β-unsaturated/α-hetero) is 1. The van der Waals surface area contributed by atoms with Crippen LogP contribution in [0, 0.1) is 5.92 Å². The number of ketones is 1. The monoisotopic (exact) mass is 237 g/mol. The Bertz CT molecular complexity index is 268. The van der Waals surface area contributed by atoms with Crippen LogP contribution in [0.3, 0.4) is 0 Å². The maximum atomic E-state index is 11.2. The molecule has 0 spiro atoms. The summed E-state index contributed by atoms with van der Waals surface area (Å²) < 4.78 is 0. The Hall–Kier alpha value is -1.14. The van der Waals surface area contributed by atoms with Crippen LogP contribution in [0.25, 0.3) is 0 Å². The molecule has 2 atom stereocenters. The molecule has 1 unspecified atom stereocenters. The zero-order valence-electron chi connectivity index (χ0n) is 7.85. The van der Waals surface area contributed by atoms with Crippen molar-refractivity contribution in [1.82, 2.24) is 0 Å². The fourth-order valence-electron chi connectivity index (χ4n) is 0.992. The van der Waals surface area contributed by atoms with E-state index in [0.29, 0.717) is 0 Å². The number of halogens is 1. The van der Waals surface area contributed by atoms with E-state index in [-0.39, 0.29) is 12.3 Å². The summed E-state index contributed by atoms with van der Waals surface area (Å²) in [7, 11) is 0. The van der Waals surface area contributed by atoms with Crippen molar-refractivity contribution in [2.24, 2.45) is 11.7 Å². The van der Waals surface area contributed by atoms with Gasteiger partial charge in [-0.2, -0.15) is 0 Å². The van der Waals surface area contributed by atoms with Gasteiger partial charge in [-0.1, -0.05) is 0 Å². The molecule has 4 N–H and O–H groups in total. The third-order valence-electron chi connectivity index (χ3n) is 1.83. The number of nitrogens with two attached hydrogens (primary N) is 1. The van der Waals surface area contributed by atoms with Crippen LogP contribution in [0.5, 0.6) is 0 Å². The SMILES string of the molecule is N[C@@H](CC(C(=O)O)C(=O)CCCl)C(=O)O. The van der Waals surface area contributed by atoms with Gasteiger partial charge in [0.15, 0.2) is 0 Å². The van der Waals surface area contributed by atoms with Crippen LogP contribution >= 0.6 is 11.6 Å². The fourth-order valence-corrected chi connectivity index (χ4v) is 1.18. The molecule has 0 aliphatic rings. The van der Waals surface area contributed by atoms with Crippen molar-refractivity contribution in [3.8, 4) is 0 Å². The van der Waals surface area contributed by atoms with Crippen molar-refractivity contribution >= 4 is 29.3 Å². The van der Waals surface area contributed by atoms with Crippen LogP contribution in [-0.4, -0.2) is 39.9 Å². The van der Waals surface area contributed by atoms with Gasteiger partial charge in [-0.3, -0.25) is 14.4 Å². The van der Waals surface area contributed by atoms with Gasteiger partial charge in [0, 0.05) is 12.3 Å². The molecule has 0 saturated carbocycles. The molecule has 0 aromatic rings. The van der Waals surface area contributed by atoms with Crippen LogP contribution in [0.2, 0.25) is 0 Å². The van der Waals surface area contributed by atoms with Crippen LogP contribution in [0.4, 0.5) is 0 Å². The molecule has 0 aromatic carbocycles. The van der Waals surface area contributed by atoms with Gasteiger partial charge in [0.25, 0.3) is 0 Å². The minimum absolute atomic E-state index is 0.00488. The Morgan fingerprint density at radius 1 is 1.20 bits per heavy atom. The van der Waals surface area contributed by atoms with Crippen molar-refractivity contribution in [3.05, 3.63) is 0 Å². The lowest BCUT2D eigenvalue weighted by atomic mass is 9.94. The summed E-state index contributed by atoms with van der Waals surface area (Å²) in [6, 6.07) is -1.36. The second-order valence-corrected chi connectivity index (χ2v) is 3.35. The molecule has 86 valence electrons. The third kappa shape index (κ3) is 4.75. The van der Waals surface area contributed by atoms with Crippen molar-refractivity contribution < 1.29 is 24.6 Å². The Balaban J connectivity index is 4.47. The summed E-state index contributed by atoms with van der Waals surface area (Å²) in [4.78, 5) is 32.3. The van der Waals surface area contributed by atoms with Gasteiger partial charge in [0.2, 0.25) is 0 Å². The summed E-state index contributed by atoms with van der Waals surface area (Å²) >= 11 is 5.28. The number of aliphatic carboxylic acids is 2. The Morgan fingerprint density at radius 3 is 2.07 bits per heavy atom. The average molecular weight is 238 g/mol. The first kappa shape index (κ1) is 13.9. The Morgan fingerprint density at radius 2 is 1.73 bits per heavy atom. The zero-order chi connectivity index (χ0) is 12.0. The number of rotatable bonds is 7. The highest BCUT2D eigenvalue weighted by Gasteiger charge is 2.29. The van der Waals surface area contributed by atoms with Crippen molar-refractivity contribution in [2.75, 3.05) is 5.88 Å². The molecule has 0 fully saturated rings. The number of carboxylic acids is 2.